The molecule has 7 nitrogen and oxygen atoms in total. The van der Waals surface area contributed by atoms with Crippen molar-refractivity contribution in [2.24, 2.45) is 0 Å². The van der Waals surface area contributed by atoms with Crippen molar-refractivity contribution in [1.29, 1.82) is 0 Å². The van der Waals surface area contributed by atoms with Gasteiger partial charge in [-0.2, -0.15) is 0 Å². The van der Waals surface area contributed by atoms with Gasteiger partial charge in [-0.3, -0.25) is 0 Å². The van der Waals surface area contributed by atoms with Gasteiger partial charge in [-0.05, 0) is 18.2 Å². The van der Waals surface area contributed by atoms with E-state index in [1.165, 1.54) is 13.2 Å². The lowest BCUT2D eigenvalue weighted by atomic mass is 10.2. The van der Waals surface area contributed by atoms with Gasteiger partial charge in [-0.1, -0.05) is 30.3 Å². The summed E-state index contributed by atoms with van der Waals surface area (Å²) in [6.07, 6.45) is 0.409. The average Bonchev–Trinajstić information content (AvgIpc) is 3.08. The first-order valence-corrected chi connectivity index (χ1v) is 9.36. The molecule has 3 rings (SSSR count). The van der Waals surface area contributed by atoms with Gasteiger partial charge >= 0.3 is 6.09 Å². The molecule has 8 heteroatoms. The van der Waals surface area contributed by atoms with Crippen molar-refractivity contribution in [2.45, 2.75) is 9.79 Å². The molecule has 0 atom stereocenters. The number of rotatable bonds is 6. The summed E-state index contributed by atoms with van der Waals surface area (Å²) >= 11 is 0. The molecule has 3 aromatic rings. The predicted molar refractivity (Wildman–Crippen MR) is 96.3 cm³/mol. The molecule has 1 aromatic heterocycles. The van der Waals surface area contributed by atoms with Crippen molar-refractivity contribution < 1.29 is 23.1 Å². The van der Waals surface area contributed by atoms with Crippen LogP contribution in [0.5, 0.6) is 5.75 Å². The summed E-state index contributed by atoms with van der Waals surface area (Å²) in [6.45, 7) is 0.350. The van der Waals surface area contributed by atoms with Crippen LogP contribution in [0.2, 0.25) is 0 Å². The standard InChI is InChI=1S/C18H18N2O5S/c1-20(18(21)22)10-11-25-15-9-5-8-14-16(12-19-17(14)15)26(23,24)13-6-3-2-4-7-13/h2-9,12,19H,10-11H2,1H3,(H,21,22). The van der Waals surface area contributed by atoms with Crippen molar-refractivity contribution in [1.82, 2.24) is 9.88 Å². The Morgan fingerprint density at radius 2 is 1.88 bits per heavy atom. The molecule has 0 spiro atoms. The Labute approximate surface area is 150 Å². The molecule has 0 bridgehead atoms. The number of sulfone groups is 1. The smallest absolute Gasteiger partial charge is 0.407 e. The van der Waals surface area contributed by atoms with Gasteiger partial charge in [0, 0.05) is 18.6 Å². The van der Waals surface area contributed by atoms with Gasteiger partial charge < -0.3 is 19.7 Å². The van der Waals surface area contributed by atoms with E-state index in [1.54, 1.807) is 48.5 Å². The third-order valence-corrected chi connectivity index (χ3v) is 5.80. The normalized spacial score (nSPS) is 11.4. The summed E-state index contributed by atoms with van der Waals surface area (Å²) in [5, 5.41) is 9.38. The van der Waals surface area contributed by atoms with Crippen LogP contribution in [0.3, 0.4) is 0 Å². The van der Waals surface area contributed by atoms with Gasteiger partial charge in [-0.15, -0.1) is 0 Å². The molecule has 1 heterocycles. The van der Waals surface area contributed by atoms with E-state index in [9.17, 15) is 13.2 Å². The molecule has 0 aliphatic rings. The Kier molecular flexibility index (Phi) is 4.85. The molecule has 0 radical (unpaired) electrons. The number of H-pyrrole nitrogens is 1. The number of benzene rings is 2. The van der Waals surface area contributed by atoms with Crippen LogP contribution in [0, 0.1) is 0 Å². The van der Waals surface area contributed by atoms with Gasteiger partial charge in [0.1, 0.15) is 12.4 Å². The molecule has 0 aliphatic carbocycles. The molecule has 1 amide bonds. The number of nitrogens with one attached hydrogen (secondary N) is 1. The van der Waals surface area contributed by atoms with Crippen molar-refractivity contribution in [3.8, 4) is 5.75 Å². The third-order valence-electron chi connectivity index (χ3n) is 3.99. The van der Waals surface area contributed by atoms with E-state index in [4.69, 9.17) is 9.84 Å². The second-order valence-corrected chi connectivity index (χ2v) is 7.62. The first kappa shape index (κ1) is 17.8. The molecule has 2 N–H and O–H groups in total. The van der Waals surface area contributed by atoms with Crippen molar-refractivity contribution >= 4 is 26.8 Å². The molecular formula is C18H18N2O5S. The highest BCUT2D eigenvalue weighted by molar-refractivity contribution is 7.91. The molecule has 0 fully saturated rings. The van der Waals surface area contributed by atoms with E-state index >= 15 is 0 Å². The maximum atomic E-state index is 12.9. The van der Waals surface area contributed by atoms with Crippen LogP contribution in [0.1, 0.15) is 0 Å². The number of fused-ring (bicyclic) bond motifs is 1. The minimum atomic E-state index is -3.66. The largest absolute Gasteiger partial charge is 0.490 e. The number of nitrogens with zero attached hydrogens (tertiary/aromatic N) is 1. The summed E-state index contributed by atoms with van der Waals surface area (Å²) in [5.41, 5.74) is 0.556. The fourth-order valence-corrected chi connectivity index (χ4v) is 4.00. The Morgan fingerprint density at radius 3 is 2.58 bits per heavy atom. The summed E-state index contributed by atoms with van der Waals surface area (Å²) in [6, 6.07) is 13.3. The van der Waals surface area contributed by atoms with E-state index in [0.717, 1.165) is 4.90 Å². The molecule has 2 aromatic carbocycles. The molecule has 0 saturated carbocycles. The number of para-hydroxylation sites is 1. The minimum absolute atomic E-state index is 0.154. The van der Waals surface area contributed by atoms with Gasteiger partial charge in [0.15, 0.2) is 0 Å². The SMILES string of the molecule is CN(CCOc1cccc2c(S(=O)(=O)c3ccccc3)c[nH]c12)C(=O)O. The lowest BCUT2D eigenvalue weighted by Gasteiger charge is -2.13. The van der Waals surface area contributed by atoms with E-state index < -0.39 is 15.9 Å². The topological polar surface area (TPSA) is 99.7 Å². The second-order valence-electron chi connectivity index (χ2n) is 5.70. The average molecular weight is 374 g/mol. The van der Waals surface area contributed by atoms with Crippen molar-refractivity contribution in [2.75, 3.05) is 20.2 Å². The Hall–Kier alpha value is -3.00. The van der Waals surface area contributed by atoms with Gasteiger partial charge in [0.2, 0.25) is 9.84 Å². The minimum Gasteiger partial charge on any atom is -0.490 e. The zero-order valence-corrected chi connectivity index (χ0v) is 14.9. The zero-order valence-electron chi connectivity index (χ0n) is 14.0. The van der Waals surface area contributed by atoms with E-state index in [2.05, 4.69) is 4.98 Å². The van der Waals surface area contributed by atoms with Crippen molar-refractivity contribution in [3.05, 3.63) is 54.7 Å². The molecule has 26 heavy (non-hydrogen) atoms. The summed E-state index contributed by atoms with van der Waals surface area (Å²) in [7, 11) is -2.21. The van der Waals surface area contributed by atoms with Crippen LogP contribution in [-0.4, -0.2) is 49.7 Å². The predicted octanol–water partition coefficient (Wildman–Crippen LogP) is 2.99. The number of amides is 1. The number of ether oxygens (including phenoxy) is 1. The van der Waals surface area contributed by atoms with Crippen LogP contribution in [0.15, 0.2) is 64.5 Å². The van der Waals surface area contributed by atoms with E-state index in [0.29, 0.717) is 16.7 Å². The Bertz CT molecular complexity index is 1030. The van der Waals surface area contributed by atoms with Crippen LogP contribution >= 0.6 is 0 Å². The highest BCUT2D eigenvalue weighted by Gasteiger charge is 2.22. The Morgan fingerprint density at radius 1 is 1.15 bits per heavy atom. The fourth-order valence-electron chi connectivity index (χ4n) is 2.56. The number of hydrogen-bond donors (Lipinski definition) is 2. The number of aromatic nitrogens is 1. The highest BCUT2D eigenvalue weighted by Crippen LogP contribution is 2.32. The third kappa shape index (κ3) is 3.36. The molecule has 0 unspecified atom stereocenters. The molecule has 0 saturated heterocycles. The maximum absolute atomic E-state index is 12.9. The number of likely N-dealkylation sites (N-methyl/N-ethyl adjacent to an activating group) is 1. The van der Waals surface area contributed by atoms with Gasteiger partial charge in [-0.25, -0.2) is 13.2 Å². The van der Waals surface area contributed by atoms with Gasteiger partial charge in [0.05, 0.1) is 21.9 Å². The second kappa shape index (κ2) is 7.09. The Balaban J connectivity index is 1.91. The first-order chi connectivity index (χ1) is 12.4. The van der Waals surface area contributed by atoms with Crippen LogP contribution in [0.4, 0.5) is 4.79 Å². The molecule has 0 aliphatic heterocycles. The van der Waals surface area contributed by atoms with Crippen LogP contribution in [0.25, 0.3) is 10.9 Å². The lowest BCUT2D eigenvalue weighted by molar-refractivity contribution is 0.147. The van der Waals surface area contributed by atoms with Gasteiger partial charge in [0.25, 0.3) is 0 Å². The quantitative estimate of drug-likeness (QED) is 0.691. The van der Waals surface area contributed by atoms with E-state index in [-0.39, 0.29) is 22.9 Å². The number of hydrogen-bond acceptors (Lipinski definition) is 4. The van der Waals surface area contributed by atoms with Crippen molar-refractivity contribution in [3.63, 3.8) is 0 Å². The monoisotopic (exact) mass is 374 g/mol. The number of carboxylic acid groups (broad SMARTS) is 1. The molecule has 136 valence electrons. The molecular weight excluding hydrogens is 356 g/mol. The number of aromatic amines is 1. The van der Waals surface area contributed by atoms with E-state index in [1.807, 2.05) is 0 Å². The number of carbonyl (C=O) groups is 1. The summed E-state index contributed by atoms with van der Waals surface area (Å²) in [5.74, 6) is 0.468. The van der Waals surface area contributed by atoms with Crippen LogP contribution < -0.4 is 4.74 Å². The first-order valence-electron chi connectivity index (χ1n) is 7.88. The highest BCUT2D eigenvalue weighted by atomic mass is 32.2. The van der Waals surface area contributed by atoms with Crippen LogP contribution in [-0.2, 0) is 9.84 Å². The summed E-state index contributed by atoms with van der Waals surface area (Å²) in [4.78, 5) is 15.3. The maximum Gasteiger partial charge on any atom is 0.407 e. The zero-order chi connectivity index (χ0) is 18.7. The summed E-state index contributed by atoms with van der Waals surface area (Å²) < 4.78 is 31.4. The lowest BCUT2D eigenvalue weighted by Crippen LogP contribution is -2.29. The fraction of sp³-hybridized carbons (Fsp3) is 0.167.